The number of para-hydroxylation sites is 1. The van der Waals surface area contributed by atoms with Crippen LogP contribution in [-0.2, 0) is 29.0 Å². The Labute approximate surface area is 192 Å². The third-order valence-corrected chi connectivity index (χ3v) is 5.99. The number of aromatic nitrogens is 2. The maximum absolute atomic E-state index is 13.9. The second-order valence-corrected chi connectivity index (χ2v) is 8.13. The average molecular weight is 447 g/mol. The molecule has 0 aliphatic carbocycles. The molecule has 1 aliphatic rings. The molecule has 0 fully saturated rings. The summed E-state index contributed by atoms with van der Waals surface area (Å²) in [7, 11) is 1.24. The number of nitrogens with zero attached hydrogens (tertiary/aromatic N) is 3. The number of ether oxygens (including phenoxy) is 1. The lowest BCUT2D eigenvalue weighted by molar-refractivity contribution is -0.126. The zero-order chi connectivity index (χ0) is 23.6. The highest BCUT2D eigenvalue weighted by Gasteiger charge is 2.50. The average Bonchev–Trinajstić information content (AvgIpc) is 3.26. The summed E-state index contributed by atoms with van der Waals surface area (Å²) in [4.78, 5) is 45.3. The van der Waals surface area contributed by atoms with Crippen molar-refractivity contribution in [2.75, 3.05) is 12.0 Å². The minimum absolute atomic E-state index is 0.0618. The van der Waals surface area contributed by atoms with E-state index in [-0.39, 0.29) is 23.8 Å². The Morgan fingerprint density at radius 1 is 1.12 bits per heavy atom. The van der Waals surface area contributed by atoms with Crippen molar-refractivity contribution in [3.63, 3.8) is 0 Å². The summed E-state index contributed by atoms with van der Waals surface area (Å²) in [6.45, 7) is 4.19. The molecule has 1 atom stereocenters. The molecular weight excluding hydrogens is 420 g/mol. The molecule has 1 aliphatic heterocycles. The van der Waals surface area contributed by atoms with Crippen LogP contribution in [0, 0.1) is 0 Å². The molecule has 4 rings (SSSR count). The number of amides is 2. The number of hydrogen-bond acceptors (Lipinski definition) is 5. The van der Waals surface area contributed by atoms with Crippen molar-refractivity contribution in [1.29, 1.82) is 0 Å². The summed E-state index contributed by atoms with van der Waals surface area (Å²) in [5, 5.41) is 2.98. The highest BCUT2D eigenvalue weighted by molar-refractivity contribution is 6.15. The van der Waals surface area contributed by atoms with Crippen molar-refractivity contribution in [2.45, 2.75) is 38.9 Å². The van der Waals surface area contributed by atoms with Crippen LogP contribution >= 0.6 is 0 Å². The van der Waals surface area contributed by atoms with Crippen molar-refractivity contribution in [3.05, 3.63) is 83.4 Å². The normalized spacial score (nSPS) is 17.4. The van der Waals surface area contributed by atoms with Gasteiger partial charge in [-0.3, -0.25) is 14.5 Å². The van der Waals surface area contributed by atoms with Crippen LogP contribution < -0.4 is 10.2 Å². The highest BCUT2D eigenvalue weighted by Crippen LogP contribution is 2.36. The number of esters is 1. The van der Waals surface area contributed by atoms with Crippen LogP contribution in [0.3, 0.4) is 0 Å². The molecule has 33 heavy (non-hydrogen) atoms. The Hall–Kier alpha value is -3.94. The predicted molar refractivity (Wildman–Crippen MR) is 123 cm³/mol. The van der Waals surface area contributed by atoms with Gasteiger partial charge in [0.25, 0.3) is 5.91 Å². The van der Waals surface area contributed by atoms with Crippen LogP contribution in [0.2, 0.25) is 0 Å². The van der Waals surface area contributed by atoms with Crippen LogP contribution in [0.4, 0.5) is 5.69 Å². The number of fused-ring (bicyclic) bond motifs is 1. The molecule has 3 aromatic rings. The quantitative estimate of drug-likeness (QED) is 0.588. The van der Waals surface area contributed by atoms with E-state index in [1.165, 1.54) is 18.3 Å². The minimum Gasteiger partial charge on any atom is -0.464 e. The number of imidazole rings is 1. The molecule has 0 spiro atoms. The topological polar surface area (TPSA) is 93.5 Å². The van der Waals surface area contributed by atoms with Gasteiger partial charge in [-0.25, -0.2) is 9.78 Å². The van der Waals surface area contributed by atoms with E-state index in [9.17, 15) is 14.4 Å². The first-order chi connectivity index (χ1) is 15.9. The standard InChI is InChI=1S/C25H26N4O4/c1-4-18-12-8-9-13-19(18)29-22(30)21-20(23(31)33-3)27-16-28(21)15-25(29,2)24(32)26-14-17-10-6-5-7-11-17/h5-13,16H,4,14-15H2,1-3H3,(H,26,32)/t25-/m0/s1. The van der Waals surface area contributed by atoms with E-state index in [0.29, 0.717) is 18.7 Å². The van der Waals surface area contributed by atoms with Crippen LogP contribution in [0.5, 0.6) is 0 Å². The molecule has 2 heterocycles. The van der Waals surface area contributed by atoms with E-state index in [2.05, 4.69) is 10.3 Å². The van der Waals surface area contributed by atoms with E-state index in [1.54, 1.807) is 11.5 Å². The van der Waals surface area contributed by atoms with Gasteiger partial charge < -0.3 is 14.6 Å². The molecule has 8 heteroatoms. The lowest BCUT2D eigenvalue weighted by Crippen LogP contribution is -2.64. The fourth-order valence-electron chi connectivity index (χ4n) is 4.25. The second-order valence-electron chi connectivity index (χ2n) is 8.13. The van der Waals surface area contributed by atoms with Crippen molar-refractivity contribution in [3.8, 4) is 0 Å². The van der Waals surface area contributed by atoms with Gasteiger partial charge in [-0.15, -0.1) is 0 Å². The monoisotopic (exact) mass is 446 g/mol. The minimum atomic E-state index is -1.25. The Balaban J connectivity index is 1.79. The summed E-state index contributed by atoms with van der Waals surface area (Å²) >= 11 is 0. The molecule has 0 unspecified atom stereocenters. The Bertz CT molecular complexity index is 1200. The third kappa shape index (κ3) is 3.88. The summed E-state index contributed by atoms with van der Waals surface area (Å²) < 4.78 is 6.37. The highest BCUT2D eigenvalue weighted by atomic mass is 16.5. The number of hydrogen-bond donors (Lipinski definition) is 1. The van der Waals surface area contributed by atoms with E-state index < -0.39 is 17.4 Å². The van der Waals surface area contributed by atoms with E-state index in [0.717, 1.165) is 11.1 Å². The summed E-state index contributed by atoms with van der Waals surface area (Å²) in [6, 6.07) is 17.1. The van der Waals surface area contributed by atoms with Crippen molar-refractivity contribution < 1.29 is 19.1 Å². The molecule has 1 N–H and O–H groups in total. The van der Waals surface area contributed by atoms with Crippen molar-refractivity contribution in [1.82, 2.24) is 14.9 Å². The van der Waals surface area contributed by atoms with Gasteiger partial charge in [-0.05, 0) is 30.5 Å². The number of benzene rings is 2. The molecule has 0 saturated carbocycles. The van der Waals surface area contributed by atoms with Crippen molar-refractivity contribution in [2.24, 2.45) is 0 Å². The second kappa shape index (κ2) is 8.90. The molecule has 170 valence electrons. The van der Waals surface area contributed by atoms with Crippen LogP contribution in [-0.4, -0.2) is 40.0 Å². The zero-order valence-electron chi connectivity index (χ0n) is 18.9. The lowest BCUT2D eigenvalue weighted by atomic mass is 9.92. The summed E-state index contributed by atoms with van der Waals surface area (Å²) in [5.41, 5.74) is 1.30. The van der Waals surface area contributed by atoms with Crippen molar-refractivity contribution >= 4 is 23.5 Å². The number of rotatable bonds is 6. The third-order valence-electron chi connectivity index (χ3n) is 5.99. The molecule has 8 nitrogen and oxygen atoms in total. The van der Waals surface area contributed by atoms with Crippen LogP contribution in [0.25, 0.3) is 0 Å². The van der Waals surface area contributed by atoms with Crippen LogP contribution in [0.1, 0.15) is 46.0 Å². The molecule has 0 bridgehead atoms. The first-order valence-corrected chi connectivity index (χ1v) is 10.8. The Morgan fingerprint density at radius 2 is 1.82 bits per heavy atom. The van der Waals surface area contributed by atoms with Gasteiger partial charge in [-0.2, -0.15) is 0 Å². The zero-order valence-corrected chi connectivity index (χ0v) is 18.9. The first-order valence-electron chi connectivity index (χ1n) is 10.8. The SMILES string of the molecule is CCc1ccccc1N1C(=O)c2c(C(=O)OC)ncn2C[C@@]1(C)C(=O)NCc1ccccc1. The Morgan fingerprint density at radius 3 is 2.52 bits per heavy atom. The Kier molecular flexibility index (Phi) is 6.00. The lowest BCUT2D eigenvalue weighted by Gasteiger charge is -2.44. The molecule has 2 aromatic carbocycles. The summed E-state index contributed by atoms with van der Waals surface area (Å²) in [5.74, 6) is -1.47. The van der Waals surface area contributed by atoms with Gasteiger partial charge in [0, 0.05) is 12.2 Å². The largest absolute Gasteiger partial charge is 0.464 e. The molecule has 1 aromatic heterocycles. The van der Waals surface area contributed by atoms with Gasteiger partial charge >= 0.3 is 5.97 Å². The van der Waals surface area contributed by atoms with Gasteiger partial charge in [-0.1, -0.05) is 55.5 Å². The molecular formula is C25H26N4O4. The maximum atomic E-state index is 13.9. The molecule has 0 radical (unpaired) electrons. The van der Waals surface area contributed by atoms with E-state index >= 15 is 0 Å². The fourth-order valence-corrected chi connectivity index (χ4v) is 4.25. The molecule has 2 amide bonds. The van der Waals surface area contributed by atoms with Gasteiger partial charge in [0.05, 0.1) is 20.0 Å². The number of nitrogens with one attached hydrogen (secondary N) is 1. The van der Waals surface area contributed by atoms with E-state index in [1.807, 2.05) is 61.5 Å². The maximum Gasteiger partial charge on any atom is 0.359 e. The number of anilines is 1. The number of methoxy groups -OCH3 is 1. The smallest absolute Gasteiger partial charge is 0.359 e. The van der Waals surface area contributed by atoms with Gasteiger partial charge in [0.2, 0.25) is 5.91 Å². The number of aryl methyl sites for hydroxylation is 1. The van der Waals surface area contributed by atoms with Crippen LogP contribution in [0.15, 0.2) is 60.9 Å². The predicted octanol–water partition coefficient (Wildman–Crippen LogP) is 2.97. The van der Waals surface area contributed by atoms with E-state index in [4.69, 9.17) is 4.74 Å². The van der Waals surface area contributed by atoms with Gasteiger partial charge in [0.1, 0.15) is 11.2 Å². The van der Waals surface area contributed by atoms with Gasteiger partial charge in [0.15, 0.2) is 5.69 Å². The number of carbonyl (C=O) groups excluding carboxylic acids is 3. The number of carbonyl (C=O) groups is 3. The summed E-state index contributed by atoms with van der Waals surface area (Å²) in [6.07, 6.45) is 2.08. The molecule has 0 saturated heterocycles. The fraction of sp³-hybridized carbons (Fsp3) is 0.280. The first kappa shape index (κ1) is 22.3.